The minimum absolute atomic E-state index is 0.0126. The maximum Gasteiger partial charge on any atom is 0.229 e. The summed E-state index contributed by atoms with van der Waals surface area (Å²) in [7, 11) is 4.72. The van der Waals surface area contributed by atoms with E-state index in [1.165, 1.54) is 7.11 Å². The summed E-state index contributed by atoms with van der Waals surface area (Å²) in [5.41, 5.74) is 0.614. The molecule has 1 aliphatic heterocycles. The van der Waals surface area contributed by atoms with Gasteiger partial charge < -0.3 is 24.4 Å². The number of carbonyl (C=O) groups is 2. The van der Waals surface area contributed by atoms with Crippen molar-refractivity contribution < 1.29 is 23.8 Å². The molecule has 7 heteroatoms. The third-order valence-electron chi connectivity index (χ3n) is 4.01. The summed E-state index contributed by atoms with van der Waals surface area (Å²) in [6.45, 7) is 1.67. The largest absolute Gasteiger partial charge is 0.493 e. The first-order valence-electron chi connectivity index (χ1n) is 7.88. The van der Waals surface area contributed by atoms with Crippen molar-refractivity contribution in [3.8, 4) is 11.5 Å². The molecule has 24 heavy (non-hydrogen) atoms. The van der Waals surface area contributed by atoms with Crippen LogP contribution in [0.1, 0.15) is 12.8 Å². The van der Waals surface area contributed by atoms with Crippen molar-refractivity contribution in [2.75, 3.05) is 46.3 Å². The molecular formula is C17H24N2O5. The summed E-state index contributed by atoms with van der Waals surface area (Å²) >= 11 is 0. The van der Waals surface area contributed by atoms with Crippen molar-refractivity contribution in [3.63, 3.8) is 0 Å². The molecule has 1 N–H and O–H groups in total. The number of carbonyl (C=O) groups excluding carboxylic acids is 2. The smallest absolute Gasteiger partial charge is 0.229 e. The summed E-state index contributed by atoms with van der Waals surface area (Å²) in [6, 6.07) is 5.17. The van der Waals surface area contributed by atoms with E-state index in [0.29, 0.717) is 36.9 Å². The zero-order chi connectivity index (χ0) is 17.5. The molecule has 132 valence electrons. The van der Waals surface area contributed by atoms with Gasteiger partial charge in [-0.1, -0.05) is 0 Å². The second-order valence-electron chi connectivity index (χ2n) is 5.65. The lowest BCUT2D eigenvalue weighted by Gasteiger charge is -2.16. The minimum atomic E-state index is -0.340. The van der Waals surface area contributed by atoms with E-state index in [2.05, 4.69) is 5.32 Å². The quantitative estimate of drug-likeness (QED) is 0.729. The van der Waals surface area contributed by atoms with Crippen molar-refractivity contribution in [2.45, 2.75) is 12.8 Å². The van der Waals surface area contributed by atoms with Gasteiger partial charge in [0.25, 0.3) is 0 Å². The Hall–Kier alpha value is -2.28. The highest BCUT2D eigenvalue weighted by atomic mass is 16.5. The molecule has 0 aromatic heterocycles. The van der Waals surface area contributed by atoms with Crippen molar-refractivity contribution in [2.24, 2.45) is 5.92 Å². The lowest BCUT2D eigenvalue weighted by Crippen LogP contribution is -2.29. The molecule has 1 aromatic carbocycles. The third-order valence-corrected chi connectivity index (χ3v) is 4.01. The van der Waals surface area contributed by atoms with Crippen LogP contribution in [0.25, 0.3) is 0 Å². The summed E-state index contributed by atoms with van der Waals surface area (Å²) < 4.78 is 15.4. The number of nitrogens with one attached hydrogen (secondary N) is 1. The number of likely N-dealkylation sites (tertiary alicyclic amines) is 1. The first-order valence-corrected chi connectivity index (χ1v) is 7.88. The molecule has 1 atom stereocenters. The molecule has 0 saturated carbocycles. The Morgan fingerprint density at radius 3 is 2.67 bits per heavy atom. The Labute approximate surface area is 141 Å². The number of benzene rings is 1. The molecule has 1 fully saturated rings. The number of methoxy groups -OCH3 is 3. The Balaban J connectivity index is 1.94. The normalized spacial score (nSPS) is 17.0. The molecule has 0 radical (unpaired) electrons. The lowest BCUT2D eigenvalue weighted by molar-refractivity contribution is -0.128. The fourth-order valence-corrected chi connectivity index (χ4v) is 2.72. The molecule has 2 amide bonds. The predicted molar refractivity (Wildman–Crippen MR) is 89.4 cm³/mol. The summed E-state index contributed by atoms with van der Waals surface area (Å²) in [4.78, 5) is 26.1. The van der Waals surface area contributed by atoms with Crippen LogP contribution in [0.4, 0.5) is 5.69 Å². The topological polar surface area (TPSA) is 77.1 Å². The van der Waals surface area contributed by atoms with E-state index >= 15 is 0 Å². The fourth-order valence-electron chi connectivity index (χ4n) is 2.72. The average molecular weight is 336 g/mol. The number of anilines is 1. The Morgan fingerprint density at radius 2 is 2.00 bits per heavy atom. The van der Waals surface area contributed by atoms with Crippen molar-refractivity contribution in [3.05, 3.63) is 18.2 Å². The van der Waals surface area contributed by atoms with Crippen LogP contribution < -0.4 is 14.8 Å². The van der Waals surface area contributed by atoms with Crippen LogP contribution in [0.5, 0.6) is 11.5 Å². The molecular weight excluding hydrogens is 312 g/mol. The average Bonchev–Trinajstić information content (AvgIpc) is 2.96. The van der Waals surface area contributed by atoms with E-state index < -0.39 is 0 Å². The summed E-state index contributed by atoms with van der Waals surface area (Å²) in [6.07, 6.45) is 1.01. The van der Waals surface area contributed by atoms with Crippen LogP contribution in [0.15, 0.2) is 18.2 Å². The number of amides is 2. The van der Waals surface area contributed by atoms with Crippen molar-refractivity contribution in [1.29, 1.82) is 0 Å². The molecule has 0 aliphatic carbocycles. The summed E-state index contributed by atoms with van der Waals surface area (Å²) in [5, 5.41) is 2.84. The first-order chi connectivity index (χ1) is 11.6. The molecule has 1 aliphatic rings. The zero-order valence-electron chi connectivity index (χ0n) is 14.3. The Bertz CT molecular complexity index is 590. The molecule has 1 aromatic rings. The van der Waals surface area contributed by atoms with E-state index in [1.807, 2.05) is 0 Å². The molecule has 0 bridgehead atoms. The minimum Gasteiger partial charge on any atom is -0.493 e. The van der Waals surface area contributed by atoms with Crippen LogP contribution in [0.2, 0.25) is 0 Å². The first kappa shape index (κ1) is 18.1. The number of ether oxygens (including phenoxy) is 3. The second-order valence-corrected chi connectivity index (χ2v) is 5.65. The van der Waals surface area contributed by atoms with E-state index in [1.54, 1.807) is 37.3 Å². The van der Waals surface area contributed by atoms with E-state index in [-0.39, 0.29) is 24.2 Å². The van der Waals surface area contributed by atoms with Crippen molar-refractivity contribution in [1.82, 2.24) is 4.90 Å². The van der Waals surface area contributed by atoms with Gasteiger partial charge in [0.15, 0.2) is 11.5 Å². The highest BCUT2D eigenvalue weighted by Gasteiger charge is 2.33. The van der Waals surface area contributed by atoms with Gasteiger partial charge in [0.05, 0.1) is 20.1 Å². The van der Waals surface area contributed by atoms with Crippen LogP contribution >= 0.6 is 0 Å². The Kier molecular flexibility index (Phi) is 6.43. The predicted octanol–water partition coefficient (Wildman–Crippen LogP) is 1.53. The highest BCUT2D eigenvalue weighted by Crippen LogP contribution is 2.30. The zero-order valence-corrected chi connectivity index (χ0v) is 14.3. The lowest BCUT2D eigenvalue weighted by atomic mass is 10.1. The van der Waals surface area contributed by atoms with Crippen LogP contribution in [0, 0.1) is 5.92 Å². The maximum absolute atomic E-state index is 12.4. The maximum atomic E-state index is 12.4. The van der Waals surface area contributed by atoms with Gasteiger partial charge in [-0.25, -0.2) is 0 Å². The van der Waals surface area contributed by atoms with Crippen LogP contribution in [-0.2, 0) is 14.3 Å². The van der Waals surface area contributed by atoms with Gasteiger partial charge in [-0.2, -0.15) is 0 Å². The van der Waals surface area contributed by atoms with Crippen molar-refractivity contribution >= 4 is 17.5 Å². The standard InChI is InChI=1S/C17H24N2O5/c1-22-8-4-7-19-11-12(9-16(19)20)17(21)18-13-5-6-14(23-2)15(10-13)24-3/h5-6,10,12H,4,7-9,11H2,1-3H3,(H,18,21). The number of hydrogen-bond acceptors (Lipinski definition) is 5. The third kappa shape index (κ3) is 4.38. The fraction of sp³-hybridized carbons (Fsp3) is 0.529. The number of rotatable bonds is 8. The molecule has 1 unspecified atom stereocenters. The van der Waals surface area contributed by atoms with Gasteiger partial charge in [0, 0.05) is 45.0 Å². The number of nitrogens with zero attached hydrogens (tertiary/aromatic N) is 1. The number of hydrogen-bond donors (Lipinski definition) is 1. The molecule has 7 nitrogen and oxygen atoms in total. The highest BCUT2D eigenvalue weighted by molar-refractivity contribution is 5.97. The van der Waals surface area contributed by atoms with Gasteiger partial charge in [-0.3, -0.25) is 9.59 Å². The second kappa shape index (κ2) is 8.54. The van der Waals surface area contributed by atoms with Gasteiger partial charge >= 0.3 is 0 Å². The summed E-state index contributed by atoms with van der Waals surface area (Å²) in [5.74, 6) is 0.645. The van der Waals surface area contributed by atoms with Crippen LogP contribution in [-0.4, -0.2) is 57.7 Å². The van der Waals surface area contributed by atoms with Gasteiger partial charge in [-0.15, -0.1) is 0 Å². The molecule has 2 rings (SSSR count). The molecule has 0 spiro atoms. The van der Waals surface area contributed by atoms with E-state index in [4.69, 9.17) is 14.2 Å². The van der Waals surface area contributed by atoms with Crippen LogP contribution in [0.3, 0.4) is 0 Å². The Morgan fingerprint density at radius 1 is 1.25 bits per heavy atom. The SMILES string of the molecule is COCCCN1CC(C(=O)Nc2ccc(OC)c(OC)c2)CC1=O. The monoisotopic (exact) mass is 336 g/mol. The van der Waals surface area contributed by atoms with Gasteiger partial charge in [0.1, 0.15) is 0 Å². The van der Waals surface area contributed by atoms with E-state index in [9.17, 15) is 9.59 Å². The molecule has 1 heterocycles. The van der Waals surface area contributed by atoms with Gasteiger partial charge in [0.2, 0.25) is 11.8 Å². The molecule has 1 saturated heterocycles. The van der Waals surface area contributed by atoms with Gasteiger partial charge in [-0.05, 0) is 18.6 Å². The van der Waals surface area contributed by atoms with E-state index in [0.717, 1.165) is 6.42 Å².